The molecule has 0 spiro atoms. The number of hydrogen-bond acceptors (Lipinski definition) is 6. The van der Waals surface area contributed by atoms with E-state index in [4.69, 9.17) is 4.74 Å². The average Bonchev–Trinajstić information content (AvgIpc) is 3.01. The number of nitro groups is 1. The lowest BCUT2D eigenvalue weighted by Crippen LogP contribution is -2.27. The Morgan fingerprint density at radius 1 is 1.36 bits per heavy atom. The fourth-order valence-electron chi connectivity index (χ4n) is 2.08. The second kappa shape index (κ2) is 7.90. The smallest absolute Gasteiger partial charge is 0.311 e. The van der Waals surface area contributed by atoms with Gasteiger partial charge in [0.2, 0.25) is 5.91 Å². The predicted octanol–water partition coefficient (Wildman–Crippen LogP) is 1.19. The Bertz CT molecular complexity index is 801. The molecule has 2 rings (SSSR count). The molecule has 0 radical (unpaired) electrons. The van der Waals surface area contributed by atoms with Crippen molar-refractivity contribution < 1.29 is 19.2 Å². The third-order valence-electron chi connectivity index (χ3n) is 3.20. The molecule has 0 aliphatic rings. The second-order valence-corrected chi connectivity index (χ2v) is 4.95. The summed E-state index contributed by atoms with van der Waals surface area (Å²) in [7, 11) is 1.31. The van der Waals surface area contributed by atoms with E-state index in [0.29, 0.717) is 6.54 Å². The zero-order valence-electron chi connectivity index (χ0n) is 13.7. The highest BCUT2D eigenvalue weighted by Crippen LogP contribution is 2.27. The lowest BCUT2D eigenvalue weighted by molar-refractivity contribution is -0.385. The van der Waals surface area contributed by atoms with Crippen molar-refractivity contribution in [2.45, 2.75) is 13.5 Å². The van der Waals surface area contributed by atoms with E-state index in [0.717, 1.165) is 6.07 Å². The highest BCUT2D eigenvalue weighted by Gasteiger charge is 2.18. The van der Waals surface area contributed by atoms with Gasteiger partial charge in [0.1, 0.15) is 6.54 Å². The maximum atomic E-state index is 12.2. The molecule has 0 fully saturated rings. The second-order valence-electron chi connectivity index (χ2n) is 4.95. The molecule has 0 aliphatic heterocycles. The van der Waals surface area contributed by atoms with Crippen LogP contribution >= 0.6 is 0 Å². The van der Waals surface area contributed by atoms with Crippen LogP contribution in [0.25, 0.3) is 0 Å². The zero-order valence-corrected chi connectivity index (χ0v) is 13.7. The fraction of sp³-hybridized carbons (Fsp3) is 0.267. The summed E-state index contributed by atoms with van der Waals surface area (Å²) in [5.41, 5.74) is -0.220. The minimum absolute atomic E-state index is 0.0255. The molecule has 132 valence electrons. The van der Waals surface area contributed by atoms with Gasteiger partial charge in [-0.15, -0.1) is 0 Å². The lowest BCUT2D eigenvalue weighted by Gasteiger charge is -2.05. The van der Waals surface area contributed by atoms with Crippen LogP contribution < -0.4 is 15.4 Å². The topological polar surface area (TPSA) is 128 Å². The van der Waals surface area contributed by atoms with Gasteiger partial charge in [0.25, 0.3) is 5.91 Å². The van der Waals surface area contributed by atoms with Gasteiger partial charge < -0.3 is 15.4 Å². The number of carbonyl (C=O) groups excluding carboxylic acids is 2. The minimum atomic E-state index is -0.628. The SMILES string of the molecule is CCNC(=O)Cn1ccc(NC(=O)c2ccc(OC)c([N+](=O)[O-])c2)n1. The number of amides is 2. The first-order valence-electron chi connectivity index (χ1n) is 7.38. The number of benzene rings is 1. The Kier molecular flexibility index (Phi) is 5.66. The van der Waals surface area contributed by atoms with Gasteiger partial charge in [0.15, 0.2) is 11.6 Å². The largest absolute Gasteiger partial charge is 0.490 e. The summed E-state index contributed by atoms with van der Waals surface area (Å²) in [5.74, 6) is -0.469. The standard InChI is InChI=1S/C15H17N5O5/c1-3-16-14(21)9-19-7-6-13(18-19)17-15(22)10-4-5-12(25-2)11(8-10)20(23)24/h4-8H,3,9H2,1-2H3,(H,16,21)(H,17,18,22). The van der Waals surface area contributed by atoms with Crippen molar-refractivity contribution in [1.82, 2.24) is 15.1 Å². The summed E-state index contributed by atoms with van der Waals surface area (Å²) in [6.07, 6.45) is 1.54. The summed E-state index contributed by atoms with van der Waals surface area (Å²) in [6.45, 7) is 2.35. The zero-order chi connectivity index (χ0) is 18.4. The lowest BCUT2D eigenvalue weighted by atomic mass is 10.1. The fourth-order valence-corrected chi connectivity index (χ4v) is 2.08. The minimum Gasteiger partial charge on any atom is -0.490 e. The third-order valence-corrected chi connectivity index (χ3v) is 3.20. The molecule has 0 bridgehead atoms. The number of ether oxygens (including phenoxy) is 1. The molecule has 2 aromatic rings. The van der Waals surface area contributed by atoms with Gasteiger partial charge >= 0.3 is 5.69 Å². The monoisotopic (exact) mass is 347 g/mol. The maximum absolute atomic E-state index is 12.2. The quantitative estimate of drug-likeness (QED) is 0.572. The molecule has 0 saturated heterocycles. The molecule has 0 atom stereocenters. The van der Waals surface area contributed by atoms with Gasteiger partial charge in [0, 0.05) is 30.4 Å². The maximum Gasteiger partial charge on any atom is 0.311 e. The summed E-state index contributed by atoms with van der Waals surface area (Å²) in [4.78, 5) is 34.1. The summed E-state index contributed by atoms with van der Waals surface area (Å²) in [6, 6.07) is 5.41. The number of nitro benzene ring substituents is 1. The van der Waals surface area contributed by atoms with Gasteiger partial charge in [0.05, 0.1) is 12.0 Å². The Morgan fingerprint density at radius 3 is 2.76 bits per heavy atom. The highest BCUT2D eigenvalue weighted by atomic mass is 16.6. The molecule has 2 amide bonds. The third kappa shape index (κ3) is 4.53. The highest BCUT2D eigenvalue weighted by molar-refractivity contribution is 6.04. The molecule has 10 nitrogen and oxygen atoms in total. The molecule has 0 unspecified atom stereocenters. The van der Waals surface area contributed by atoms with Gasteiger partial charge in [-0.1, -0.05) is 0 Å². The Hall–Kier alpha value is -3.43. The first kappa shape index (κ1) is 17.9. The van der Waals surface area contributed by atoms with Crippen molar-refractivity contribution in [3.63, 3.8) is 0 Å². The van der Waals surface area contributed by atoms with E-state index in [-0.39, 0.29) is 35.3 Å². The van der Waals surface area contributed by atoms with E-state index in [2.05, 4.69) is 15.7 Å². The Balaban J connectivity index is 2.10. The molecule has 25 heavy (non-hydrogen) atoms. The van der Waals surface area contributed by atoms with Crippen LogP contribution in [0.4, 0.5) is 11.5 Å². The van der Waals surface area contributed by atoms with Crippen molar-refractivity contribution in [3.05, 3.63) is 46.1 Å². The van der Waals surface area contributed by atoms with Crippen LogP contribution in [0.15, 0.2) is 30.5 Å². The number of hydrogen-bond donors (Lipinski definition) is 2. The van der Waals surface area contributed by atoms with Gasteiger partial charge in [-0.3, -0.25) is 24.4 Å². The van der Waals surface area contributed by atoms with Gasteiger partial charge in [-0.2, -0.15) is 5.10 Å². The van der Waals surface area contributed by atoms with Crippen LogP contribution in [0.2, 0.25) is 0 Å². The molecule has 0 saturated carbocycles. The van der Waals surface area contributed by atoms with Crippen molar-refractivity contribution in [2.75, 3.05) is 19.0 Å². The van der Waals surface area contributed by atoms with Crippen LogP contribution in [0, 0.1) is 10.1 Å². The number of carbonyl (C=O) groups is 2. The van der Waals surface area contributed by atoms with E-state index < -0.39 is 10.8 Å². The van der Waals surface area contributed by atoms with Crippen LogP contribution in [0.1, 0.15) is 17.3 Å². The molecule has 10 heteroatoms. The van der Waals surface area contributed by atoms with Crippen molar-refractivity contribution >= 4 is 23.3 Å². The first-order valence-corrected chi connectivity index (χ1v) is 7.38. The number of nitrogens with one attached hydrogen (secondary N) is 2. The van der Waals surface area contributed by atoms with E-state index >= 15 is 0 Å². The van der Waals surface area contributed by atoms with Gasteiger partial charge in [-0.05, 0) is 19.1 Å². The van der Waals surface area contributed by atoms with Gasteiger partial charge in [-0.25, -0.2) is 0 Å². The number of anilines is 1. The summed E-state index contributed by atoms with van der Waals surface area (Å²) in [5, 5.41) is 20.2. The van der Waals surface area contributed by atoms with Crippen molar-refractivity contribution in [3.8, 4) is 5.75 Å². The molecular weight excluding hydrogens is 330 g/mol. The molecule has 1 heterocycles. The molecule has 2 N–H and O–H groups in total. The number of rotatable bonds is 7. The number of methoxy groups -OCH3 is 1. The number of nitrogens with zero attached hydrogens (tertiary/aromatic N) is 3. The van der Waals surface area contributed by atoms with E-state index in [1.807, 2.05) is 0 Å². The van der Waals surface area contributed by atoms with Crippen LogP contribution in [0.5, 0.6) is 5.75 Å². The number of likely N-dealkylation sites (N-methyl/N-ethyl adjacent to an activating group) is 1. The van der Waals surface area contributed by atoms with E-state index in [1.54, 1.807) is 13.1 Å². The van der Waals surface area contributed by atoms with Crippen LogP contribution in [-0.4, -0.2) is 40.2 Å². The van der Waals surface area contributed by atoms with Crippen molar-refractivity contribution in [1.29, 1.82) is 0 Å². The molecule has 0 aliphatic carbocycles. The molecule has 1 aromatic carbocycles. The summed E-state index contributed by atoms with van der Waals surface area (Å²) < 4.78 is 6.26. The molecular formula is C15H17N5O5. The molecule has 1 aromatic heterocycles. The van der Waals surface area contributed by atoms with Crippen molar-refractivity contribution in [2.24, 2.45) is 0 Å². The Morgan fingerprint density at radius 2 is 2.12 bits per heavy atom. The Labute approximate surface area is 142 Å². The normalized spacial score (nSPS) is 10.2. The van der Waals surface area contributed by atoms with Crippen LogP contribution in [0.3, 0.4) is 0 Å². The first-order chi connectivity index (χ1) is 11.9. The van der Waals surface area contributed by atoms with Crippen LogP contribution in [-0.2, 0) is 11.3 Å². The average molecular weight is 347 g/mol. The summed E-state index contributed by atoms with van der Waals surface area (Å²) >= 11 is 0. The van der Waals surface area contributed by atoms with E-state index in [9.17, 15) is 19.7 Å². The predicted molar refractivity (Wildman–Crippen MR) is 88.5 cm³/mol. The number of aromatic nitrogens is 2. The van der Waals surface area contributed by atoms with E-state index in [1.165, 1.54) is 30.0 Å².